The number of aliphatic carboxylic acids is 1. The molecule has 2 saturated heterocycles. The van der Waals surface area contributed by atoms with Gasteiger partial charge < -0.3 is 15.7 Å². The highest BCUT2D eigenvalue weighted by molar-refractivity contribution is 8.00. The Hall–Kier alpha value is -1.33. The summed E-state index contributed by atoms with van der Waals surface area (Å²) in [5.41, 5.74) is 4.73. The maximum Gasteiger partial charge on any atom is 0.313 e. The van der Waals surface area contributed by atoms with E-state index in [9.17, 15) is 14.7 Å². The Labute approximate surface area is 135 Å². The summed E-state index contributed by atoms with van der Waals surface area (Å²) < 4.78 is 1.61. The number of amides is 1. The lowest BCUT2D eigenvalue weighted by atomic mass is 9.89. The molecule has 2 aliphatic heterocycles. The highest BCUT2D eigenvalue weighted by Crippen LogP contribution is 2.43. The van der Waals surface area contributed by atoms with Crippen LogP contribution in [0.1, 0.15) is 6.92 Å². The van der Waals surface area contributed by atoms with E-state index in [1.807, 2.05) is 6.92 Å². The third-order valence-corrected chi connectivity index (χ3v) is 6.77. The summed E-state index contributed by atoms with van der Waals surface area (Å²) in [4.78, 5) is 25.2. The number of tetrazole rings is 1. The molecule has 1 aromatic rings. The molecule has 3 N–H and O–H groups in total. The Morgan fingerprint density at radius 2 is 2.41 bits per heavy atom. The molecule has 2 fully saturated rings. The van der Waals surface area contributed by atoms with E-state index in [0.29, 0.717) is 23.2 Å². The second kappa shape index (κ2) is 5.70. The molecule has 0 spiro atoms. The average molecular weight is 344 g/mol. The molecule has 120 valence electrons. The van der Waals surface area contributed by atoms with Crippen LogP contribution in [0.3, 0.4) is 0 Å². The number of rotatable bonds is 5. The van der Waals surface area contributed by atoms with Gasteiger partial charge in [0, 0.05) is 24.6 Å². The lowest BCUT2D eigenvalue weighted by Gasteiger charge is -2.52. The minimum atomic E-state index is -1.01. The number of aromatic nitrogens is 4. The summed E-state index contributed by atoms with van der Waals surface area (Å²) in [6, 6.07) is -0.503. The largest absolute Gasteiger partial charge is 0.481 e. The van der Waals surface area contributed by atoms with Crippen LogP contribution in [0.15, 0.2) is 5.16 Å². The van der Waals surface area contributed by atoms with E-state index < -0.39 is 17.4 Å². The summed E-state index contributed by atoms with van der Waals surface area (Å²) in [5.74, 6) is -0.354. The van der Waals surface area contributed by atoms with Gasteiger partial charge in [-0.15, -0.1) is 16.9 Å². The van der Waals surface area contributed by atoms with E-state index in [0.717, 1.165) is 0 Å². The molecule has 0 aromatic carbocycles. The second-order valence-electron chi connectivity index (χ2n) is 5.34. The van der Waals surface area contributed by atoms with Crippen molar-refractivity contribution in [2.45, 2.75) is 30.0 Å². The molecule has 2 aliphatic rings. The summed E-state index contributed by atoms with van der Waals surface area (Å²) in [6.07, 6.45) is 0. The van der Waals surface area contributed by atoms with E-state index >= 15 is 0 Å². The molecule has 11 heteroatoms. The van der Waals surface area contributed by atoms with Crippen molar-refractivity contribution in [3.8, 4) is 0 Å². The number of carbonyl (C=O) groups is 2. The first kappa shape index (κ1) is 15.6. The van der Waals surface area contributed by atoms with E-state index in [2.05, 4.69) is 15.5 Å². The SMILES string of the molecule is CCn1nnnc1SCC1(C(=O)O)CS[C@@H]2C(N)C(=O)N2C1. The van der Waals surface area contributed by atoms with Crippen molar-refractivity contribution >= 4 is 35.4 Å². The molecule has 2 unspecified atom stereocenters. The maximum atomic E-state index is 11.8. The highest BCUT2D eigenvalue weighted by atomic mass is 32.2. The quantitative estimate of drug-likeness (QED) is 0.516. The zero-order chi connectivity index (χ0) is 15.9. The first-order valence-corrected chi connectivity index (χ1v) is 8.82. The fraction of sp³-hybridized carbons (Fsp3) is 0.727. The van der Waals surface area contributed by atoms with Crippen LogP contribution in [-0.2, 0) is 16.1 Å². The maximum absolute atomic E-state index is 11.8. The van der Waals surface area contributed by atoms with Crippen LogP contribution in [0.2, 0.25) is 0 Å². The van der Waals surface area contributed by atoms with Crippen LogP contribution >= 0.6 is 23.5 Å². The number of β-lactam (4-membered cyclic amide) rings is 1. The van der Waals surface area contributed by atoms with Crippen LogP contribution in [0, 0.1) is 5.41 Å². The Balaban J connectivity index is 1.73. The van der Waals surface area contributed by atoms with Crippen molar-refractivity contribution < 1.29 is 14.7 Å². The Kier molecular flexibility index (Phi) is 4.03. The zero-order valence-corrected chi connectivity index (χ0v) is 13.5. The summed E-state index contributed by atoms with van der Waals surface area (Å²) >= 11 is 2.74. The smallest absolute Gasteiger partial charge is 0.313 e. The molecule has 1 aromatic heterocycles. The number of fused-ring (bicyclic) bond motifs is 1. The van der Waals surface area contributed by atoms with E-state index in [-0.39, 0.29) is 17.8 Å². The Morgan fingerprint density at radius 3 is 3.09 bits per heavy atom. The van der Waals surface area contributed by atoms with Crippen molar-refractivity contribution in [2.75, 3.05) is 18.1 Å². The third kappa shape index (κ3) is 2.36. The minimum absolute atomic E-state index is 0.0917. The number of thioether (sulfide) groups is 2. The van der Waals surface area contributed by atoms with Gasteiger partial charge in [-0.1, -0.05) is 11.8 Å². The molecule has 0 saturated carbocycles. The number of nitrogens with zero attached hydrogens (tertiary/aromatic N) is 5. The molecule has 0 aliphatic carbocycles. The molecular formula is C11H16N6O3S2. The number of aryl methyl sites for hydroxylation is 1. The van der Waals surface area contributed by atoms with E-state index in [4.69, 9.17) is 5.73 Å². The van der Waals surface area contributed by atoms with Crippen molar-refractivity contribution in [3.63, 3.8) is 0 Å². The second-order valence-corrected chi connectivity index (χ2v) is 7.39. The van der Waals surface area contributed by atoms with Crippen LogP contribution in [0.5, 0.6) is 0 Å². The van der Waals surface area contributed by atoms with Gasteiger partial charge in [-0.05, 0) is 17.4 Å². The van der Waals surface area contributed by atoms with Crippen molar-refractivity contribution in [3.05, 3.63) is 0 Å². The number of hydrogen-bond acceptors (Lipinski definition) is 8. The summed E-state index contributed by atoms with van der Waals surface area (Å²) in [5, 5.41) is 21.5. The van der Waals surface area contributed by atoms with Gasteiger partial charge in [0.05, 0.1) is 0 Å². The zero-order valence-electron chi connectivity index (χ0n) is 11.9. The molecule has 1 amide bonds. The predicted octanol–water partition coefficient (Wildman–Crippen LogP) is -0.901. The van der Waals surface area contributed by atoms with Crippen molar-refractivity contribution in [1.29, 1.82) is 0 Å². The predicted molar refractivity (Wildman–Crippen MR) is 80.2 cm³/mol. The number of carboxylic acids is 1. The van der Waals surface area contributed by atoms with E-state index in [1.54, 1.807) is 9.58 Å². The van der Waals surface area contributed by atoms with Gasteiger partial charge in [-0.25, -0.2) is 4.68 Å². The highest BCUT2D eigenvalue weighted by Gasteiger charge is 2.55. The number of carbonyl (C=O) groups excluding carboxylic acids is 1. The monoisotopic (exact) mass is 344 g/mol. The fourth-order valence-electron chi connectivity index (χ4n) is 2.51. The first-order chi connectivity index (χ1) is 10.5. The van der Waals surface area contributed by atoms with Crippen LogP contribution in [0.4, 0.5) is 0 Å². The van der Waals surface area contributed by atoms with Gasteiger partial charge in [-0.3, -0.25) is 9.59 Å². The van der Waals surface area contributed by atoms with Gasteiger partial charge in [0.1, 0.15) is 16.8 Å². The van der Waals surface area contributed by atoms with Crippen molar-refractivity contribution in [2.24, 2.45) is 11.1 Å². The average Bonchev–Trinajstić information content (AvgIpc) is 2.99. The number of hydrogen-bond donors (Lipinski definition) is 2. The molecular weight excluding hydrogens is 328 g/mol. The Bertz CT molecular complexity index is 610. The molecule has 0 radical (unpaired) electrons. The molecule has 0 bridgehead atoms. The summed E-state index contributed by atoms with van der Waals surface area (Å²) in [7, 11) is 0. The summed E-state index contributed by atoms with van der Waals surface area (Å²) in [6.45, 7) is 2.72. The van der Waals surface area contributed by atoms with Gasteiger partial charge in [-0.2, -0.15) is 0 Å². The normalized spacial score (nSPS) is 30.8. The molecule has 3 rings (SSSR count). The molecule has 3 heterocycles. The molecule has 22 heavy (non-hydrogen) atoms. The standard InChI is InChI=1S/C11H16N6O3S2/c1-2-17-10(13-14-15-17)22-5-11(9(19)20)3-16-7(18)6(12)8(16)21-4-11/h6,8H,2-5,12H2,1H3,(H,19,20)/t6?,8-,11?/m1/s1. The topological polar surface area (TPSA) is 127 Å². The van der Waals surface area contributed by atoms with Crippen molar-refractivity contribution in [1.82, 2.24) is 25.1 Å². The lowest BCUT2D eigenvalue weighted by molar-refractivity contribution is -0.155. The van der Waals surface area contributed by atoms with E-state index in [1.165, 1.54) is 23.5 Å². The third-order valence-electron chi connectivity index (χ3n) is 3.92. The molecule has 9 nitrogen and oxygen atoms in total. The Morgan fingerprint density at radius 1 is 1.64 bits per heavy atom. The van der Waals surface area contributed by atoms with Gasteiger partial charge in [0.15, 0.2) is 0 Å². The molecule has 3 atom stereocenters. The van der Waals surface area contributed by atoms with Gasteiger partial charge in [0.25, 0.3) is 0 Å². The first-order valence-electron chi connectivity index (χ1n) is 6.78. The number of carboxylic acid groups (broad SMARTS) is 1. The van der Waals surface area contributed by atoms with Crippen LogP contribution in [-0.4, -0.2) is 71.6 Å². The minimum Gasteiger partial charge on any atom is -0.481 e. The lowest BCUT2D eigenvalue weighted by Crippen LogP contribution is -2.72. The van der Waals surface area contributed by atoms with Gasteiger partial charge >= 0.3 is 5.97 Å². The fourth-order valence-corrected chi connectivity index (χ4v) is 5.26. The van der Waals surface area contributed by atoms with Crippen LogP contribution in [0.25, 0.3) is 0 Å². The van der Waals surface area contributed by atoms with Crippen LogP contribution < -0.4 is 5.73 Å². The van der Waals surface area contributed by atoms with Gasteiger partial charge in [0.2, 0.25) is 11.1 Å². The number of nitrogens with two attached hydrogens (primary N) is 1.